The van der Waals surface area contributed by atoms with Gasteiger partial charge in [0.15, 0.2) is 0 Å². The van der Waals surface area contributed by atoms with Crippen LogP contribution in [0.3, 0.4) is 0 Å². The topological polar surface area (TPSA) is 30.8 Å². The minimum atomic E-state index is 0.674. The van der Waals surface area contributed by atoms with E-state index in [9.17, 15) is 0 Å². The lowest BCUT2D eigenvalue weighted by Crippen LogP contribution is -2.00. The maximum absolute atomic E-state index is 5.22. The summed E-state index contributed by atoms with van der Waals surface area (Å²) in [5, 5.41) is 3.95. The zero-order valence-corrected chi connectivity index (χ0v) is 7.49. The minimum Gasteiger partial charge on any atom is -0.496 e. The Kier molecular flexibility index (Phi) is 2.17. The van der Waals surface area contributed by atoms with Gasteiger partial charge in [0.05, 0.1) is 12.8 Å². The maximum Gasteiger partial charge on any atom is 0.128 e. The summed E-state index contributed by atoms with van der Waals surface area (Å²) in [7, 11) is 1.66. The van der Waals surface area contributed by atoms with Crippen LogP contribution in [0.5, 0.6) is 5.75 Å². The van der Waals surface area contributed by atoms with E-state index in [-0.39, 0.29) is 0 Å². The highest BCUT2D eigenvalue weighted by Crippen LogP contribution is 2.21. The predicted octanol–water partition coefficient (Wildman–Crippen LogP) is 1.82. The predicted molar refractivity (Wildman–Crippen MR) is 50.1 cm³/mol. The van der Waals surface area contributed by atoms with E-state index in [4.69, 9.17) is 9.57 Å². The van der Waals surface area contributed by atoms with Crippen molar-refractivity contribution in [3.63, 3.8) is 0 Å². The van der Waals surface area contributed by atoms with Crippen molar-refractivity contribution in [2.24, 2.45) is 5.16 Å². The molecular formula is C10H11NO2. The number of rotatable bonds is 2. The zero-order valence-electron chi connectivity index (χ0n) is 7.49. The fourth-order valence-electron chi connectivity index (χ4n) is 1.38. The van der Waals surface area contributed by atoms with Gasteiger partial charge in [-0.15, -0.1) is 0 Å². The fraction of sp³-hybridized carbons (Fsp3) is 0.300. The van der Waals surface area contributed by atoms with E-state index in [1.165, 1.54) is 0 Å². The Bertz CT molecular complexity index is 333. The van der Waals surface area contributed by atoms with Gasteiger partial charge in [-0.1, -0.05) is 17.3 Å². The van der Waals surface area contributed by atoms with Crippen molar-refractivity contribution >= 4 is 5.71 Å². The second-order valence-corrected chi connectivity index (χ2v) is 2.82. The molecule has 0 amide bonds. The number of ether oxygens (including phenoxy) is 1. The Morgan fingerprint density at radius 1 is 1.38 bits per heavy atom. The largest absolute Gasteiger partial charge is 0.496 e. The number of nitrogens with zero attached hydrogens (tertiary/aromatic N) is 1. The third kappa shape index (κ3) is 1.49. The van der Waals surface area contributed by atoms with Gasteiger partial charge in [0.25, 0.3) is 0 Å². The molecule has 0 fully saturated rings. The lowest BCUT2D eigenvalue weighted by Gasteiger charge is -2.05. The summed E-state index contributed by atoms with van der Waals surface area (Å²) < 4.78 is 5.22. The molecule has 0 aliphatic carbocycles. The number of para-hydroxylation sites is 1. The van der Waals surface area contributed by atoms with Crippen LogP contribution < -0.4 is 4.74 Å². The Morgan fingerprint density at radius 3 is 2.92 bits per heavy atom. The van der Waals surface area contributed by atoms with Crippen LogP contribution in [0.25, 0.3) is 0 Å². The number of methoxy groups -OCH3 is 1. The molecule has 68 valence electrons. The van der Waals surface area contributed by atoms with Gasteiger partial charge in [-0.25, -0.2) is 0 Å². The van der Waals surface area contributed by atoms with Gasteiger partial charge in [0, 0.05) is 12.0 Å². The minimum absolute atomic E-state index is 0.674. The molecule has 0 spiro atoms. The van der Waals surface area contributed by atoms with Gasteiger partial charge in [0.2, 0.25) is 0 Å². The molecular weight excluding hydrogens is 166 g/mol. The van der Waals surface area contributed by atoms with Crippen LogP contribution in [-0.2, 0) is 4.84 Å². The molecule has 1 heterocycles. The molecule has 0 aromatic heterocycles. The zero-order chi connectivity index (χ0) is 9.10. The van der Waals surface area contributed by atoms with Crippen molar-refractivity contribution in [1.29, 1.82) is 0 Å². The average molecular weight is 177 g/mol. The average Bonchev–Trinajstić information content (AvgIpc) is 2.70. The molecule has 3 heteroatoms. The van der Waals surface area contributed by atoms with E-state index in [2.05, 4.69) is 5.16 Å². The van der Waals surface area contributed by atoms with Gasteiger partial charge in [-0.2, -0.15) is 0 Å². The monoisotopic (exact) mass is 177 g/mol. The Balaban J connectivity index is 2.38. The second kappa shape index (κ2) is 3.47. The molecule has 1 aromatic carbocycles. The van der Waals surface area contributed by atoms with Gasteiger partial charge in [0.1, 0.15) is 12.4 Å². The normalized spacial score (nSPS) is 15.0. The quantitative estimate of drug-likeness (QED) is 0.689. The van der Waals surface area contributed by atoms with Gasteiger partial charge < -0.3 is 9.57 Å². The van der Waals surface area contributed by atoms with E-state index < -0.39 is 0 Å². The molecule has 2 rings (SSSR count). The fourth-order valence-corrected chi connectivity index (χ4v) is 1.38. The molecule has 0 N–H and O–H groups in total. The van der Waals surface area contributed by atoms with Crippen LogP contribution >= 0.6 is 0 Å². The van der Waals surface area contributed by atoms with E-state index in [0.29, 0.717) is 6.61 Å². The molecule has 0 saturated carbocycles. The van der Waals surface area contributed by atoms with Crippen LogP contribution in [-0.4, -0.2) is 19.4 Å². The highest BCUT2D eigenvalue weighted by atomic mass is 16.6. The summed E-state index contributed by atoms with van der Waals surface area (Å²) in [4.78, 5) is 4.94. The standard InChI is InChI=1S/C10H11NO2/c1-12-10-5-3-2-4-8(10)9-6-7-13-11-9/h2-5H,6-7H2,1H3. The second-order valence-electron chi connectivity index (χ2n) is 2.82. The maximum atomic E-state index is 5.22. The molecule has 0 atom stereocenters. The van der Waals surface area contributed by atoms with Crippen molar-refractivity contribution in [2.75, 3.05) is 13.7 Å². The lowest BCUT2D eigenvalue weighted by atomic mass is 10.1. The first-order chi connectivity index (χ1) is 6.42. The summed E-state index contributed by atoms with van der Waals surface area (Å²) in [6, 6.07) is 7.83. The summed E-state index contributed by atoms with van der Waals surface area (Å²) in [6.07, 6.45) is 0.861. The van der Waals surface area contributed by atoms with Crippen molar-refractivity contribution < 1.29 is 9.57 Å². The Morgan fingerprint density at radius 2 is 2.23 bits per heavy atom. The van der Waals surface area contributed by atoms with E-state index in [1.54, 1.807) is 7.11 Å². The molecule has 13 heavy (non-hydrogen) atoms. The van der Waals surface area contributed by atoms with E-state index in [1.807, 2.05) is 24.3 Å². The van der Waals surface area contributed by atoms with E-state index >= 15 is 0 Å². The van der Waals surface area contributed by atoms with Crippen LogP contribution in [0.15, 0.2) is 29.4 Å². The number of oxime groups is 1. The Labute approximate surface area is 77.0 Å². The summed E-state index contributed by atoms with van der Waals surface area (Å²) in [5.41, 5.74) is 2.00. The smallest absolute Gasteiger partial charge is 0.128 e. The first-order valence-electron chi connectivity index (χ1n) is 4.24. The highest BCUT2D eigenvalue weighted by molar-refractivity contribution is 6.03. The third-order valence-electron chi connectivity index (χ3n) is 2.02. The molecule has 1 aliphatic heterocycles. The molecule has 0 radical (unpaired) electrons. The van der Waals surface area contributed by atoms with Crippen LogP contribution in [0.4, 0.5) is 0 Å². The van der Waals surface area contributed by atoms with Crippen molar-refractivity contribution in [3.8, 4) is 5.75 Å². The van der Waals surface area contributed by atoms with Gasteiger partial charge >= 0.3 is 0 Å². The van der Waals surface area contributed by atoms with Gasteiger partial charge in [-0.3, -0.25) is 0 Å². The number of hydrogen-bond acceptors (Lipinski definition) is 3. The first kappa shape index (κ1) is 8.10. The van der Waals surface area contributed by atoms with E-state index in [0.717, 1.165) is 23.4 Å². The lowest BCUT2D eigenvalue weighted by molar-refractivity contribution is 0.174. The van der Waals surface area contributed by atoms with Crippen molar-refractivity contribution in [2.45, 2.75) is 6.42 Å². The van der Waals surface area contributed by atoms with Gasteiger partial charge in [-0.05, 0) is 12.1 Å². The molecule has 1 aliphatic rings. The van der Waals surface area contributed by atoms with Crippen LogP contribution in [0.1, 0.15) is 12.0 Å². The molecule has 0 unspecified atom stereocenters. The molecule has 0 saturated heterocycles. The van der Waals surface area contributed by atoms with Crippen molar-refractivity contribution in [1.82, 2.24) is 0 Å². The molecule has 0 bridgehead atoms. The number of benzene rings is 1. The van der Waals surface area contributed by atoms with Crippen LogP contribution in [0, 0.1) is 0 Å². The Hall–Kier alpha value is -1.51. The highest BCUT2D eigenvalue weighted by Gasteiger charge is 2.14. The third-order valence-corrected chi connectivity index (χ3v) is 2.02. The summed E-state index contributed by atoms with van der Waals surface area (Å²) >= 11 is 0. The van der Waals surface area contributed by atoms with Crippen LogP contribution in [0.2, 0.25) is 0 Å². The molecule has 3 nitrogen and oxygen atoms in total. The summed E-state index contributed by atoms with van der Waals surface area (Å²) in [6.45, 7) is 0.674. The number of hydrogen-bond donors (Lipinski definition) is 0. The SMILES string of the molecule is COc1ccccc1C1=NOCC1. The molecule has 1 aromatic rings. The summed E-state index contributed by atoms with van der Waals surface area (Å²) in [5.74, 6) is 0.853. The first-order valence-corrected chi connectivity index (χ1v) is 4.24. The van der Waals surface area contributed by atoms with Crippen molar-refractivity contribution in [3.05, 3.63) is 29.8 Å².